The lowest BCUT2D eigenvalue weighted by Crippen LogP contribution is -2.40. The molecule has 0 bridgehead atoms. The van der Waals surface area contributed by atoms with Gasteiger partial charge in [0, 0.05) is 60.0 Å². The largest absolute Gasteiger partial charge is 0.453 e. The van der Waals surface area contributed by atoms with Crippen LogP contribution in [0.1, 0.15) is 39.7 Å². The van der Waals surface area contributed by atoms with Gasteiger partial charge in [-0.3, -0.25) is 19.4 Å². The minimum atomic E-state index is -1.27. The number of rotatable bonds is 8. The van der Waals surface area contributed by atoms with Gasteiger partial charge in [0.2, 0.25) is 11.8 Å². The smallest absolute Gasteiger partial charge is 0.254 e. The van der Waals surface area contributed by atoms with E-state index in [-0.39, 0.29) is 22.6 Å². The molecule has 3 amide bonds. The second-order valence-electron chi connectivity index (χ2n) is 11.7. The molecule has 12 heteroatoms. The van der Waals surface area contributed by atoms with Crippen LogP contribution in [-0.4, -0.2) is 53.9 Å². The van der Waals surface area contributed by atoms with Gasteiger partial charge < -0.3 is 25.0 Å². The lowest BCUT2D eigenvalue weighted by molar-refractivity contribution is -0.131. The highest BCUT2D eigenvalue weighted by atomic mass is 32.2. The predicted octanol–water partition coefficient (Wildman–Crippen LogP) is 6.37. The van der Waals surface area contributed by atoms with Gasteiger partial charge in [0.25, 0.3) is 5.91 Å². The Kier molecular flexibility index (Phi) is 8.37. The van der Waals surface area contributed by atoms with Gasteiger partial charge in [-0.15, -0.1) is 11.8 Å². The first-order valence-electron chi connectivity index (χ1n) is 15.3. The maximum atomic E-state index is 15.3. The molecule has 1 saturated carbocycles. The molecule has 2 fully saturated rings. The number of carbonyl (C=O) groups excluding carboxylic acids is 3. The van der Waals surface area contributed by atoms with Crippen LogP contribution in [0.4, 0.5) is 20.2 Å². The minimum Gasteiger partial charge on any atom is -0.453 e. The number of fused-ring (bicyclic) bond motifs is 1. The van der Waals surface area contributed by atoms with Crippen molar-refractivity contribution < 1.29 is 32.6 Å². The van der Waals surface area contributed by atoms with Crippen LogP contribution in [0.5, 0.6) is 11.5 Å². The zero-order valence-corrected chi connectivity index (χ0v) is 25.9. The Hall–Kier alpha value is -4.81. The van der Waals surface area contributed by atoms with Gasteiger partial charge in [0.1, 0.15) is 17.0 Å². The van der Waals surface area contributed by atoms with E-state index in [9.17, 15) is 18.8 Å². The SMILES string of the molecule is O=C(c1ccc(C2Cc3nccc(Oc4ccc(NC(=O)C5(C(=O)Nc6ccc(F)cc6)CC5)cc4F)c3S2)cc1)N1CCOCC1. The number of ether oxygens (including phenoxy) is 2. The normalized spacial score (nSPS) is 17.8. The molecule has 7 rings (SSSR count). The number of hydrogen-bond acceptors (Lipinski definition) is 7. The van der Waals surface area contributed by atoms with Crippen LogP contribution in [-0.2, 0) is 20.7 Å². The fourth-order valence-electron chi connectivity index (χ4n) is 5.65. The van der Waals surface area contributed by atoms with Crippen LogP contribution in [0.25, 0.3) is 0 Å². The van der Waals surface area contributed by atoms with Crippen molar-refractivity contribution >= 4 is 40.9 Å². The average Bonchev–Trinajstić information content (AvgIpc) is 3.80. The van der Waals surface area contributed by atoms with Gasteiger partial charge in [0.15, 0.2) is 11.6 Å². The summed E-state index contributed by atoms with van der Waals surface area (Å²) in [7, 11) is 0. The molecule has 47 heavy (non-hydrogen) atoms. The molecule has 240 valence electrons. The summed E-state index contributed by atoms with van der Waals surface area (Å²) in [6.45, 7) is 2.26. The number of halogens is 2. The monoisotopic (exact) mass is 656 g/mol. The molecule has 3 heterocycles. The highest BCUT2D eigenvalue weighted by molar-refractivity contribution is 8.00. The van der Waals surface area contributed by atoms with E-state index >= 15 is 4.39 Å². The van der Waals surface area contributed by atoms with Gasteiger partial charge in [0.05, 0.1) is 23.8 Å². The summed E-state index contributed by atoms with van der Waals surface area (Å²) in [5.74, 6) is -1.73. The summed E-state index contributed by atoms with van der Waals surface area (Å²) in [5, 5.41) is 5.35. The van der Waals surface area contributed by atoms with Crippen LogP contribution < -0.4 is 15.4 Å². The molecule has 0 radical (unpaired) electrons. The molecular formula is C35H30F2N4O5S. The van der Waals surface area contributed by atoms with Gasteiger partial charge in [-0.1, -0.05) is 12.1 Å². The van der Waals surface area contributed by atoms with Crippen molar-refractivity contribution in [2.75, 3.05) is 36.9 Å². The second kappa shape index (κ2) is 12.8. The van der Waals surface area contributed by atoms with Crippen molar-refractivity contribution in [3.63, 3.8) is 0 Å². The zero-order chi connectivity index (χ0) is 32.5. The topological polar surface area (TPSA) is 110 Å². The third-order valence-electron chi connectivity index (χ3n) is 8.54. The standard InChI is InChI=1S/C35H30F2N4O5S/c36-23-5-7-24(8-6-23)39-33(43)35(12-13-35)34(44)40-25-9-10-28(26(37)19-25)46-29-11-14-38-27-20-30(47-31(27)29)21-1-3-22(4-2-21)32(42)41-15-17-45-18-16-41/h1-11,14,19,30H,12-13,15-18,20H2,(H,39,43)(H,40,44). The number of hydrogen-bond donors (Lipinski definition) is 2. The molecule has 1 saturated heterocycles. The van der Waals surface area contributed by atoms with Gasteiger partial charge >= 0.3 is 0 Å². The van der Waals surface area contributed by atoms with E-state index < -0.39 is 28.9 Å². The number of aromatic nitrogens is 1. The van der Waals surface area contributed by atoms with E-state index in [1.54, 1.807) is 28.9 Å². The number of morpholine rings is 1. The molecule has 9 nitrogen and oxygen atoms in total. The van der Waals surface area contributed by atoms with Gasteiger partial charge in [-0.2, -0.15) is 0 Å². The number of nitrogens with zero attached hydrogens (tertiary/aromatic N) is 2. The molecule has 4 aromatic rings. The first kappa shape index (κ1) is 30.8. The van der Waals surface area contributed by atoms with Crippen LogP contribution in [0.2, 0.25) is 0 Å². The van der Waals surface area contributed by atoms with Crippen molar-refractivity contribution in [2.24, 2.45) is 5.41 Å². The van der Waals surface area contributed by atoms with E-state index in [0.29, 0.717) is 62.6 Å². The number of nitrogens with one attached hydrogen (secondary N) is 2. The summed E-state index contributed by atoms with van der Waals surface area (Å²) >= 11 is 1.57. The van der Waals surface area contributed by atoms with Crippen molar-refractivity contribution in [1.29, 1.82) is 0 Å². The van der Waals surface area contributed by atoms with Crippen molar-refractivity contribution in [3.05, 3.63) is 107 Å². The molecule has 1 unspecified atom stereocenters. The minimum absolute atomic E-state index is 0.00779. The summed E-state index contributed by atoms with van der Waals surface area (Å²) < 4.78 is 39.8. The highest BCUT2D eigenvalue weighted by Crippen LogP contribution is 2.51. The number of anilines is 2. The van der Waals surface area contributed by atoms with Crippen LogP contribution >= 0.6 is 11.8 Å². The number of carbonyl (C=O) groups is 3. The molecule has 3 aromatic carbocycles. The van der Waals surface area contributed by atoms with Gasteiger partial charge in [-0.25, -0.2) is 8.78 Å². The lowest BCUT2D eigenvalue weighted by Gasteiger charge is -2.27. The molecule has 0 spiro atoms. The first-order chi connectivity index (χ1) is 22.8. The summed E-state index contributed by atoms with van der Waals surface area (Å²) in [5.41, 5.74) is 1.81. The van der Waals surface area contributed by atoms with Crippen molar-refractivity contribution in [3.8, 4) is 11.5 Å². The van der Waals surface area contributed by atoms with E-state index in [1.807, 2.05) is 24.3 Å². The molecule has 2 N–H and O–H groups in total. The average molecular weight is 657 g/mol. The summed E-state index contributed by atoms with van der Waals surface area (Å²) in [4.78, 5) is 45.9. The number of benzene rings is 3. The Morgan fingerprint density at radius 1 is 0.872 bits per heavy atom. The molecule has 1 aromatic heterocycles. The number of amides is 3. The third-order valence-corrected chi connectivity index (χ3v) is 9.94. The quantitative estimate of drug-likeness (QED) is 0.212. The molecular weight excluding hydrogens is 626 g/mol. The Morgan fingerprint density at radius 3 is 2.23 bits per heavy atom. The molecule has 3 aliphatic rings. The van der Waals surface area contributed by atoms with E-state index in [0.717, 1.165) is 22.2 Å². The van der Waals surface area contributed by atoms with Gasteiger partial charge in [-0.05, 0) is 66.9 Å². The summed E-state index contributed by atoms with van der Waals surface area (Å²) in [6, 6.07) is 18.7. The van der Waals surface area contributed by atoms with E-state index in [4.69, 9.17) is 9.47 Å². The first-order valence-corrected chi connectivity index (χ1v) is 16.1. The van der Waals surface area contributed by atoms with Crippen LogP contribution in [0, 0.1) is 17.0 Å². The number of pyridine rings is 1. The Morgan fingerprint density at radius 2 is 1.55 bits per heavy atom. The van der Waals surface area contributed by atoms with Crippen molar-refractivity contribution in [2.45, 2.75) is 29.4 Å². The van der Waals surface area contributed by atoms with Crippen molar-refractivity contribution in [1.82, 2.24) is 9.88 Å². The Balaban J connectivity index is 0.989. The highest BCUT2D eigenvalue weighted by Gasteiger charge is 2.56. The third kappa shape index (κ3) is 6.43. The Bertz CT molecular complexity index is 1840. The second-order valence-corrected chi connectivity index (χ2v) is 12.9. The fraction of sp³-hybridized carbons (Fsp3) is 0.257. The summed E-state index contributed by atoms with van der Waals surface area (Å²) in [6.07, 6.45) is 2.97. The maximum absolute atomic E-state index is 15.3. The fourth-order valence-corrected chi connectivity index (χ4v) is 6.97. The van der Waals surface area contributed by atoms with Crippen LogP contribution in [0.15, 0.2) is 83.9 Å². The maximum Gasteiger partial charge on any atom is 0.254 e. The Labute approximate surface area is 273 Å². The van der Waals surface area contributed by atoms with E-state index in [1.165, 1.54) is 36.4 Å². The van der Waals surface area contributed by atoms with E-state index in [2.05, 4.69) is 15.6 Å². The molecule has 1 atom stereocenters. The molecule has 2 aliphatic heterocycles. The number of thioether (sulfide) groups is 1. The van der Waals surface area contributed by atoms with Crippen LogP contribution in [0.3, 0.4) is 0 Å². The zero-order valence-electron chi connectivity index (χ0n) is 25.1. The lowest BCUT2D eigenvalue weighted by atomic mass is 10.0. The predicted molar refractivity (Wildman–Crippen MR) is 172 cm³/mol. The molecule has 1 aliphatic carbocycles.